The van der Waals surface area contributed by atoms with Crippen LogP contribution >= 0.6 is 11.6 Å². The zero-order valence-corrected chi connectivity index (χ0v) is 19.8. The van der Waals surface area contributed by atoms with E-state index in [2.05, 4.69) is 17.0 Å². The highest BCUT2D eigenvalue weighted by atomic mass is 35.5. The zero-order valence-electron chi connectivity index (χ0n) is 19.1. The summed E-state index contributed by atoms with van der Waals surface area (Å²) in [5.74, 6) is 0.605. The van der Waals surface area contributed by atoms with E-state index in [0.29, 0.717) is 35.9 Å². The Labute approximate surface area is 204 Å². The number of amides is 1. The van der Waals surface area contributed by atoms with Gasteiger partial charge in [0.1, 0.15) is 11.5 Å². The molecule has 0 aliphatic carbocycles. The first kappa shape index (κ1) is 25.1. The number of ether oxygens (including phenoxy) is 2. The topological polar surface area (TPSA) is 84.9 Å². The number of benzene rings is 3. The van der Waals surface area contributed by atoms with E-state index >= 15 is 0 Å². The lowest BCUT2D eigenvalue weighted by molar-refractivity contribution is 0.0949. The molecule has 0 aliphatic heterocycles. The average Bonchev–Trinajstić information content (AvgIpc) is 2.83. The predicted molar refractivity (Wildman–Crippen MR) is 133 cm³/mol. The van der Waals surface area contributed by atoms with Gasteiger partial charge in [0, 0.05) is 11.6 Å². The van der Waals surface area contributed by atoms with E-state index in [-0.39, 0.29) is 11.7 Å². The highest BCUT2D eigenvalue weighted by Gasteiger charge is 2.13. The summed E-state index contributed by atoms with van der Waals surface area (Å²) in [4.78, 5) is 23.3. The number of rotatable bonds is 11. The second kappa shape index (κ2) is 12.7. The van der Waals surface area contributed by atoms with Gasteiger partial charge in [-0.2, -0.15) is 0 Å². The van der Waals surface area contributed by atoms with Gasteiger partial charge in [-0.3, -0.25) is 4.79 Å². The molecule has 1 amide bonds. The van der Waals surface area contributed by atoms with Gasteiger partial charge in [-0.15, -0.1) is 0 Å². The molecule has 0 radical (unpaired) electrons. The summed E-state index contributed by atoms with van der Waals surface area (Å²) in [5.41, 5.74) is 3.47. The Hall–Kier alpha value is -3.51. The monoisotopic (exact) mass is 481 g/mol. The van der Waals surface area contributed by atoms with Crippen LogP contribution in [0.15, 0.2) is 66.7 Å². The Kier molecular flexibility index (Phi) is 9.35. The lowest BCUT2D eigenvalue weighted by Gasteiger charge is -2.12. The van der Waals surface area contributed by atoms with E-state index in [1.54, 1.807) is 42.5 Å². The number of carbonyl (C=O) groups excluding carboxylic acids is 1. The summed E-state index contributed by atoms with van der Waals surface area (Å²) < 4.78 is 10.4. The molecule has 0 aromatic heterocycles. The van der Waals surface area contributed by atoms with Crippen LogP contribution in [0.3, 0.4) is 0 Å². The minimum Gasteiger partial charge on any atom is -0.493 e. The van der Waals surface area contributed by atoms with Crippen molar-refractivity contribution >= 4 is 23.7 Å². The van der Waals surface area contributed by atoms with Crippen molar-refractivity contribution in [3.63, 3.8) is 0 Å². The summed E-state index contributed by atoms with van der Waals surface area (Å²) >= 11 is 6.10. The van der Waals surface area contributed by atoms with Gasteiger partial charge in [0.05, 0.1) is 12.2 Å². The molecule has 0 saturated carbocycles. The van der Waals surface area contributed by atoms with E-state index in [1.165, 1.54) is 0 Å². The number of carboxylic acid groups (broad SMARTS) is 1. The first-order valence-corrected chi connectivity index (χ1v) is 11.6. The van der Waals surface area contributed by atoms with Gasteiger partial charge in [-0.05, 0) is 59.9 Å². The molecule has 0 bridgehead atoms. The molecule has 0 heterocycles. The number of hydrogen-bond donors (Lipinski definition) is 2. The molecule has 0 spiro atoms. The standard InChI is InChI=1S/C27H28ClNO5/c1-2-3-4-17-33-25-14-11-22(28)18-24(25)26(30)29-16-15-19-5-7-20(8-6-19)21-9-12-23(13-10-21)34-27(31)32/h5-14,18H,2-4,15-17H2,1H3,(H,29,30)(H,31,32). The molecule has 34 heavy (non-hydrogen) atoms. The second-order valence-electron chi connectivity index (χ2n) is 7.79. The molecule has 3 aromatic rings. The second-order valence-corrected chi connectivity index (χ2v) is 8.23. The first-order chi connectivity index (χ1) is 16.5. The number of carbonyl (C=O) groups is 2. The van der Waals surface area contributed by atoms with Crippen LogP contribution in [0.4, 0.5) is 4.79 Å². The summed E-state index contributed by atoms with van der Waals surface area (Å²) in [7, 11) is 0. The average molecular weight is 482 g/mol. The van der Waals surface area contributed by atoms with Crippen LogP contribution in [-0.2, 0) is 6.42 Å². The van der Waals surface area contributed by atoms with Crippen LogP contribution in [0.5, 0.6) is 11.5 Å². The summed E-state index contributed by atoms with van der Waals surface area (Å²) in [6, 6.07) is 19.9. The predicted octanol–water partition coefficient (Wildman–Crippen LogP) is 6.61. The van der Waals surface area contributed by atoms with Crippen molar-refractivity contribution in [2.75, 3.05) is 13.2 Å². The summed E-state index contributed by atoms with van der Waals surface area (Å²) in [5, 5.41) is 12.1. The van der Waals surface area contributed by atoms with Crippen LogP contribution in [0.25, 0.3) is 11.1 Å². The van der Waals surface area contributed by atoms with Gasteiger partial charge in [0.2, 0.25) is 0 Å². The Bertz CT molecular complexity index is 1100. The van der Waals surface area contributed by atoms with Crippen molar-refractivity contribution in [2.24, 2.45) is 0 Å². The number of nitrogens with one attached hydrogen (secondary N) is 1. The molecule has 6 nitrogen and oxygen atoms in total. The van der Waals surface area contributed by atoms with Gasteiger partial charge in [-0.25, -0.2) is 4.79 Å². The van der Waals surface area contributed by atoms with Crippen molar-refractivity contribution in [3.05, 3.63) is 82.9 Å². The molecule has 7 heteroatoms. The van der Waals surface area contributed by atoms with E-state index in [1.807, 2.05) is 24.3 Å². The fourth-order valence-electron chi connectivity index (χ4n) is 3.44. The minimum absolute atomic E-state index is 0.215. The van der Waals surface area contributed by atoms with Crippen LogP contribution < -0.4 is 14.8 Å². The zero-order chi connectivity index (χ0) is 24.3. The van der Waals surface area contributed by atoms with Crippen LogP contribution in [-0.4, -0.2) is 30.3 Å². The highest BCUT2D eigenvalue weighted by molar-refractivity contribution is 6.31. The number of unbranched alkanes of at least 4 members (excludes halogenated alkanes) is 2. The van der Waals surface area contributed by atoms with Gasteiger partial charge in [-0.1, -0.05) is 67.8 Å². The van der Waals surface area contributed by atoms with Crippen molar-refractivity contribution in [2.45, 2.75) is 32.6 Å². The maximum atomic E-state index is 12.7. The van der Waals surface area contributed by atoms with Crippen LogP contribution in [0.2, 0.25) is 5.02 Å². The minimum atomic E-state index is -1.34. The SMILES string of the molecule is CCCCCOc1ccc(Cl)cc1C(=O)NCCc1ccc(-c2ccc(OC(=O)O)cc2)cc1. The highest BCUT2D eigenvalue weighted by Crippen LogP contribution is 2.24. The Balaban J connectivity index is 1.54. The van der Waals surface area contributed by atoms with E-state index in [0.717, 1.165) is 36.0 Å². The molecule has 3 rings (SSSR count). The fraction of sp³-hybridized carbons (Fsp3) is 0.259. The van der Waals surface area contributed by atoms with E-state index in [4.69, 9.17) is 21.4 Å². The molecule has 0 aliphatic rings. The van der Waals surface area contributed by atoms with Gasteiger partial charge < -0.3 is 19.9 Å². The lowest BCUT2D eigenvalue weighted by Crippen LogP contribution is -2.26. The van der Waals surface area contributed by atoms with Gasteiger partial charge in [0.15, 0.2) is 0 Å². The molecule has 0 unspecified atom stereocenters. The van der Waals surface area contributed by atoms with Crippen molar-refractivity contribution in [1.29, 1.82) is 0 Å². The van der Waals surface area contributed by atoms with Crippen molar-refractivity contribution < 1.29 is 24.2 Å². The normalized spacial score (nSPS) is 10.5. The number of hydrogen-bond acceptors (Lipinski definition) is 4. The molecule has 0 atom stereocenters. The van der Waals surface area contributed by atoms with Gasteiger partial charge in [0.25, 0.3) is 5.91 Å². The van der Waals surface area contributed by atoms with Crippen LogP contribution in [0, 0.1) is 0 Å². The smallest absolute Gasteiger partial charge is 0.493 e. The maximum Gasteiger partial charge on any atom is 0.511 e. The molecule has 0 fully saturated rings. The Morgan fingerprint density at radius 3 is 2.26 bits per heavy atom. The fourth-order valence-corrected chi connectivity index (χ4v) is 3.61. The Morgan fingerprint density at radius 2 is 1.62 bits per heavy atom. The molecule has 0 saturated heterocycles. The maximum absolute atomic E-state index is 12.7. The Morgan fingerprint density at radius 1 is 0.941 bits per heavy atom. The summed E-state index contributed by atoms with van der Waals surface area (Å²) in [6.45, 7) is 3.17. The molecule has 2 N–H and O–H groups in total. The quantitative estimate of drug-likeness (QED) is 0.183. The first-order valence-electron chi connectivity index (χ1n) is 11.3. The summed E-state index contributed by atoms with van der Waals surface area (Å²) in [6.07, 6.45) is 2.46. The van der Waals surface area contributed by atoms with Gasteiger partial charge >= 0.3 is 6.16 Å². The lowest BCUT2D eigenvalue weighted by atomic mass is 10.0. The molecular weight excluding hydrogens is 454 g/mol. The number of halogens is 1. The molecular formula is C27H28ClNO5. The van der Waals surface area contributed by atoms with E-state index in [9.17, 15) is 9.59 Å². The third-order valence-corrected chi connectivity index (χ3v) is 5.47. The van der Waals surface area contributed by atoms with Crippen molar-refractivity contribution in [1.82, 2.24) is 5.32 Å². The molecule has 178 valence electrons. The van der Waals surface area contributed by atoms with E-state index < -0.39 is 6.16 Å². The third-order valence-electron chi connectivity index (χ3n) is 5.24. The largest absolute Gasteiger partial charge is 0.511 e. The van der Waals surface area contributed by atoms with Crippen molar-refractivity contribution in [3.8, 4) is 22.6 Å². The van der Waals surface area contributed by atoms with Crippen LogP contribution in [0.1, 0.15) is 42.1 Å². The third kappa shape index (κ3) is 7.52. The molecule has 3 aromatic carbocycles.